The van der Waals surface area contributed by atoms with Crippen LogP contribution in [0.25, 0.3) is 0 Å². The molecule has 0 bridgehead atoms. The number of benzene rings is 2. The van der Waals surface area contributed by atoms with Crippen LogP contribution in [-0.4, -0.2) is 22.0 Å². The average Bonchev–Trinajstić information content (AvgIpc) is 3.19. The van der Waals surface area contributed by atoms with Crippen molar-refractivity contribution in [3.05, 3.63) is 107 Å². The zero-order valence-corrected chi connectivity index (χ0v) is 19.7. The van der Waals surface area contributed by atoms with Gasteiger partial charge in [0.05, 0.1) is 11.3 Å². The number of hydrogen-bond donors (Lipinski definition) is 2. The second-order valence-corrected chi connectivity index (χ2v) is 8.68. The predicted molar refractivity (Wildman–Crippen MR) is 132 cm³/mol. The first kappa shape index (κ1) is 23.3. The fraction of sp³-hybridized carbons (Fsp3) is 0.154. The summed E-state index contributed by atoms with van der Waals surface area (Å²) in [4.78, 5) is 30.1. The summed E-state index contributed by atoms with van der Waals surface area (Å²) in [6.45, 7) is 4.14. The Kier molecular flexibility index (Phi) is 7.39. The summed E-state index contributed by atoms with van der Waals surface area (Å²) in [5.74, 6) is 1.09. The van der Waals surface area contributed by atoms with Crippen LogP contribution in [0.2, 0.25) is 0 Å². The topological polar surface area (TPSA) is 97.1 Å². The second kappa shape index (κ2) is 10.8. The van der Waals surface area contributed by atoms with Gasteiger partial charge in [-0.05, 0) is 55.8 Å². The van der Waals surface area contributed by atoms with Crippen molar-refractivity contribution >= 4 is 29.3 Å². The van der Waals surface area contributed by atoms with Gasteiger partial charge in [-0.25, -0.2) is 0 Å². The number of nitrogens with zero attached hydrogens (tertiary/aromatic N) is 2. The Hall–Kier alpha value is -3.91. The van der Waals surface area contributed by atoms with Gasteiger partial charge in [0, 0.05) is 46.4 Å². The Labute approximate surface area is 202 Å². The first-order valence-electron chi connectivity index (χ1n) is 10.7. The number of aryl methyl sites for hydroxylation is 2. The van der Waals surface area contributed by atoms with E-state index in [0.29, 0.717) is 29.1 Å². The van der Waals surface area contributed by atoms with Crippen LogP contribution in [0.1, 0.15) is 43.3 Å². The van der Waals surface area contributed by atoms with E-state index in [1.165, 1.54) is 0 Å². The minimum absolute atomic E-state index is 0.159. The minimum Gasteiger partial charge on any atom is -0.361 e. The van der Waals surface area contributed by atoms with Crippen molar-refractivity contribution < 1.29 is 14.1 Å². The zero-order valence-electron chi connectivity index (χ0n) is 18.9. The van der Waals surface area contributed by atoms with Gasteiger partial charge in [-0.3, -0.25) is 14.6 Å². The van der Waals surface area contributed by atoms with E-state index in [4.69, 9.17) is 4.52 Å². The molecule has 0 radical (unpaired) electrons. The monoisotopic (exact) mass is 472 g/mol. The van der Waals surface area contributed by atoms with E-state index in [0.717, 1.165) is 27.5 Å². The van der Waals surface area contributed by atoms with E-state index >= 15 is 0 Å². The fourth-order valence-corrected chi connectivity index (χ4v) is 4.58. The molecule has 7 nitrogen and oxygen atoms in total. The van der Waals surface area contributed by atoms with Gasteiger partial charge in [0.1, 0.15) is 5.76 Å². The summed E-state index contributed by atoms with van der Waals surface area (Å²) >= 11 is 1.58. The summed E-state index contributed by atoms with van der Waals surface area (Å²) in [6, 6.07) is 18.2. The molecular formula is C26H24N4O3S. The number of carbonyl (C=O) groups is 2. The maximum absolute atomic E-state index is 13.0. The number of anilines is 1. The zero-order chi connectivity index (χ0) is 23.9. The van der Waals surface area contributed by atoms with Gasteiger partial charge in [0.25, 0.3) is 11.8 Å². The van der Waals surface area contributed by atoms with Crippen molar-refractivity contribution in [1.29, 1.82) is 0 Å². The summed E-state index contributed by atoms with van der Waals surface area (Å²) in [5, 5.41) is 9.84. The molecule has 0 spiro atoms. The van der Waals surface area contributed by atoms with Crippen LogP contribution in [0.4, 0.5) is 5.69 Å². The number of hydrogen-bond acceptors (Lipinski definition) is 6. The Morgan fingerprint density at radius 3 is 2.53 bits per heavy atom. The van der Waals surface area contributed by atoms with E-state index in [9.17, 15) is 9.59 Å². The standard InChI is InChI=1S/C26H24N4O3S/c1-17-23(18(2)33-30-17)16-34-24-9-4-3-8-22(24)26(32)28-15-19-6-5-7-21(14-19)29-25(31)20-10-12-27-13-11-20/h3-14H,15-16H2,1-2H3,(H,28,32)(H,29,31). The molecule has 0 fully saturated rings. The fourth-order valence-electron chi connectivity index (χ4n) is 3.38. The van der Waals surface area contributed by atoms with Gasteiger partial charge < -0.3 is 15.2 Å². The first-order valence-corrected chi connectivity index (χ1v) is 11.7. The van der Waals surface area contributed by atoms with Gasteiger partial charge >= 0.3 is 0 Å². The highest BCUT2D eigenvalue weighted by molar-refractivity contribution is 7.98. The molecule has 2 N–H and O–H groups in total. The summed E-state index contributed by atoms with van der Waals surface area (Å²) in [7, 11) is 0. The highest BCUT2D eigenvalue weighted by Crippen LogP contribution is 2.29. The maximum atomic E-state index is 13.0. The van der Waals surface area contributed by atoms with Crippen LogP contribution in [0.5, 0.6) is 0 Å². The lowest BCUT2D eigenvalue weighted by Gasteiger charge is -2.11. The molecule has 0 aliphatic carbocycles. The van der Waals surface area contributed by atoms with Gasteiger partial charge in [0.15, 0.2) is 0 Å². The summed E-state index contributed by atoms with van der Waals surface area (Å²) in [6.07, 6.45) is 3.15. The predicted octanol–water partition coefficient (Wildman–Crippen LogP) is 5.16. The van der Waals surface area contributed by atoms with Gasteiger partial charge in [-0.15, -0.1) is 11.8 Å². The molecule has 8 heteroatoms. The van der Waals surface area contributed by atoms with E-state index in [1.807, 2.05) is 62.4 Å². The van der Waals surface area contributed by atoms with Crippen LogP contribution < -0.4 is 10.6 Å². The number of pyridine rings is 1. The lowest BCUT2D eigenvalue weighted by atomic mass is 10.1. The number of thioether (sulfide) groups is 1. The van der Waals surface area contributed by atoms with Crippen molar-refractivity contribution in [3.8, 4) is 0 Å². The Bertz CT molecular complexity index is 1280. The van der Waals surface area contributed by atoms with Crippen LogP contribution in [-0.2, 0) is 12.3 Å². The number of amides is 2. The number of rotatable bonds is 8. The molecule has 0 unspecified atom stereocenters. The molecule has 2 heterocycles. The lowest BCUT2D eigenvalue weighted by Crippen LogP contribution is -2.23. The molecule has 2 aromatic heterocycles. The van der Waals surface area contributed by atoms with E-state index in [2.05, 4.69) is 20.8 Å². The van der Waals surface area contributed by atoms with Crippen LogP contribution in [0, 0.1) is 13.8 Å². The third kappa shape index (κ3) is 5.71. The van der Waals surface area contributed by atoms with E-state index in [-0.39, 0.29) is 11.8 Å². The molecule has 2 aromatic carbocycles. The van der Waals surface area contributed by atoms with Crippen LogP contribution in [0.15, 0.2) is 82.5 Å². The molecular weight excluding hydrogens is 448 g/mol. The highest BCUT2D eigenvalue weighted by atomic mass is 32.2. The molecule has 0 aliphatic rings. The second-order valence-electron chi connectivity index (χ2n) is 7.66. The molecule has 34 heavy (non-hydrogen) atoms. The van der Waals surface area contributed by atoms with Crippen LogP contribution in [0.3, 0.4) is 0 Å². The normalized spacial score (nSPS) is 10.6. The first-order chi connectivity index (χ1) is 16.5. The average molecular weight is 473 g/mol. The van der Waals surface area contributed by atoms with E-state index < -0.39 is 0 Å². The quantitative estimate of drug-likeness (QED) is 0.344. The number of carbonyl (C=O) groups excluding carboxylic acids is 2. The molecule has 4 aromatic rings. The van der Waals surface area contributed by atoms with Crippen molar-refractivity contribution in [2.24, 2.45) is 0 Å². The van der Waals surface area contributed by atoms with Crippen molar-refractivity contribution in [1.82, 2.24) is 15.5 Å². The number of aromatic nitrogens is 2. The summed E-state index contributed by atoms with van der Waals surface area (Å²) < 4.78 is 5.24. The highest BCUT2D eigenvalue weighted by Gasteiger charge is 2.14. The van der Waals surface area contributed by atoms with Gasteiger partial charge in [-0.1, -0.05) is 29.4 Å². The third-order valence-electron chi connectivity index (χ3n) is 5.27. The third-order valence-corrected chi connectivity index (χ3v) is 6.37. The molecule has 0 saturated carbocycles. The Morgan fingerprint density at radius 1 is 0.971 bits per heavy atom. The molecule has 4 rings (SSSR count). The molecule has 172 valence electrons. The van der Waals surface area contributed by atoms with Crippen molar-refractivity contribution in [3.63, 3.8) is 0 Å². The van der Waals surface area contributed by atoms with Crippen molar-refractivity contribution in [2.45, 2.75) is 31.0 Å². The SMILES string of the molecule is Cc1noc(C)c1CSc1ccccc1C(=O)NCc1cccc(NC(=O)c2ccncc2)c1. The van der Waals surface area contributed by atoms with Gasteiger partial charge in [-0.2, -0.15) is 0 Å². The molecule has 2 amide bonds. The molecule has 0 saturated heterocycles. The molecule has 0 aliphatic heterocycles. The minimum atomic E-state index is -0.215. The Morgan fingerprint density at radius 2 is 1.76 bits per heavy atom. The smallest absolute Gasteiger partial charge is 0.255 e. The number of nitrogens with one attached hydrogen (secondary N) is 2. The Balaban J connectivity index is 1.38. The van der Waals surface area contributed by atoms with E-state index in [1.54, 1.807) is 36.3 Å². The maximum Gasteiger partial charge on any atom is 0.255 e. The largest absolute Gasteiger partial charge is 0.361 e. The van der Waals surface area contributed by atoms with Crippen molar-refractivity contribution in [2.75, 3.05) is 5.32 Å². The van der Waals surface area contributed by atoms with Crippen LogP contribution >= 0.6 is 11.8 Å². The van der Waals surface area contributed by atoms with Gasteiger partial charge in [0.2, 0.25) is 0 Å². The summed E-state index contributed by atoms with van der Waals surface area (Å²) in [5.41, 5.74) is 4.58. The molecule has 0 atom stereocenters. The lowest BCUT2D eigenvalue weighted by molar-refractivity contribution is 0.0947.